The van der Waals surface area contributed by atoms with Gasteiger partial charge in [0.2, 0.25) is 0 Å². The molecule has 39 heavy (non-hydrogen) atoms. The van der Waals surface area contributed by atoms with E-state index in [1.165, 1.54) is 28.6 Å². The van der Waals surface area contributed by atoms with E-state index in [-0.39, 0.29) is 12.0 Å². The molecule has 4 aromatic rings. The van der Waals surface area contributed by atoms with Gasteiger partial charge in [0.25, 0.3) is 5.91 Å². The van der Waals surface area contributed by atoms with Gasteiger partial charge in [0.05, 0.1) is 34.6 Å². The first-order chi connectivity index (χ1) is 18.9. The number of ether oxygens (including phenoxy) is 1. The van der Waals surface area contributed by atoms with Gasteiger partial charge in [-0.3, -0.25) is 4.79 Å². The first-order valence-electron chi connectivity index (χ1n) is 14.2. The van der Waals surface area contributed by atoms with E-state index in [4.69, 9.17) is 9.72 Å². The zero-order valence-electron chi connectivity index (χ0n) is 22.7. The van der Waals surface area contributed by atoms with Crippen molar-refractivity contribution < 1.29 is 14.6 Å². The number of benzene rings is 1. The van der Waals surface area contributed by atoms with Gasteiger partial charge in [0.1, 0.15) is 11.3 Å². The minimum atomic E-state index is -0.173. The summed E-state index contributed by atoms with van der Waals surface area (Å²) < 4.78 is 11.7. The third-order valence-corrected chi connectivity index (χ3v) is 9.98. The van der Waals surface area contributed by atoms with Crippen molar-refractivity contribution in [1.29, 1.82) is 0 Å². The highest BCUT2D eigenvalue weighted by Crippen LogP contribution is 2.46. The van der Waals surface area contributed by atoms with Crippen LogP contribution >= 0.6 is 11.3 Å². The van der Waals surface area contributed by atoms with E-state index in [1.54, 1.807) is 18.4 Å². The molecule has 1 aliphatic heterocycles. The van der Waals surface area contributed by atoms with Gasteiger partial charge in [-0.05, 0) is 85.4 Å². The summed E-state index contributed by atoms with van der Waals surface area (Å²) in [6.07, 6.45) is 8.10. The van der Waals surface area contributed by atoms with Crippen molar-refractivity contribution in [3.63, 3.8) is 0 Å². The predicted molar refractivity (Wildman–Crippen MR) is 156 cm³/mol. The minimum Gasteiger partial charge on any atom is -0.494 e. The van der Waals surface area contributed by atoms with Crippen LogP contribution in [0, 0.1) is 11.8 Å². The fourth-order valence-corrected chi connectivity index (χ4v) is 7.62. The normalized spacial score (nSPS) is 23.4. The van der Waals surface area contributed by atoms with Crippen LogP contribution in [0.1, 0.15) is 60.4 Å². The molecule has 4 heterocycles. The van der Waals surface area contributed by atoms with E-state index in [2.05, 4.69) is 27.2 Å². The predicted octanol–water partition coefficient (Wildman–Crippen LogP) is 5.95. The van der Waals surface area contributed by atoms with E-state index in [1.807, 2.05) is 30.2 Å². The fourth-order valence-electron chi connectivity index (χ4n) is 6.55. The molecule has 3 aromatic heterocycles. The lowest BCUT2D eigenvalue weighted by Gasteiger charge is -2.31. The molecule has 0 unspecified atom stereocenters. The highest BCUT2D eigenvalue weighted by atomic mass is 32.1. The molecule has 0 radical (unpaired) electrons. The van der Waals surface area contributed by atoms with Crippen molar-refractivity contribution in [2.24, 2.45) is 18.9 Å². The molecule has 2 aliphatic carbocycles. The van der Waals surface area contributed by atoms with Crippen LogP contribution in [0.4, 0.5) is 0 Å². The van der Waals surface area contributed by atoms with Crippen molar-refractivity contribution in [2.45, 2.75) is 57.1 Å². The number of carbonyl (C=O) groups excluding carboxylic acids is 1. The molecule has 8 heteroatoms. The number of nitrogens with zero attached hydrogens (tertiary/aromatic N) is 4. The highest BCUT2D eigenvalue weighted by Gasteiger charge is 2.34. The van der Waals surface area contributed by atoms with Crippen LogP contribution in [-0.2, 0) is 13.6 Å². The summed E-state index contributed by atoms with van der Waals surface area (Å²) in [6, 6.07) is 6.08. The summed E-state index contributed by atoms with van der Waals surface area (Å²) in [4.78, 5) is 20.6. The summed E-state index contributed by atoms with van der Waals surface area (Å²) in [5.41, 5.74) is 6.09. The maximum absolute atomic E-state index is 13.5. The number of rotatable bonds is 7. The average molecular weight is 545 g/mol. The van der Waals surface area contributed by atoms with Crippen molar-refractivity contribution in [2.75, 3.05) is 20.2 Å². The van der Waals surface area contributed by atoms with Crippen LogP contribution in [0.25, 0.3) is 32.8 Å². The maximum Gasteiger partial charge on any atom is 0.254 e. The third kappa shape index (κ3) is 4.19. The van der Waals surface area contributed by atoms with Gasteiger partial charge in [-0.1, -0.05) is 6.08 Å². The molecule has 3 aliphatic rings. The lowest BCUT2D eigenvalue weighted by molar-refractivity contribution is 0.0695. The van der Waals surface area contributed by atoms with Crippen molar-refractivity contribution in [3.8, 4) is 17.3 Å². The molecule has 1 aromatic carbocycles. The van der Waals surface area contributed by atoms with Gasteiger partial charge in [-0.25, -0.2) is 4.98 Å². The molecular formula is C31H36N4O3S. The minimum absolute atomic E-state index is 0.0268. The topological polar surface area (TPSA) is 72.5 Å². The third-order valence-electron chi connectivity index (χ3n) is 9.05. The Labute approximate surface area is 232 Å². The Hall–Kier alpha value is -3.10. The number of aliphatic hydroxyl groups is 1. The second kappa shape index (κ2) is 9.52. The van der Waals surface area contributed by atoms with E-state index in [9.17, 15) is 9.90 Å². The van der Waals surface area contributed by atoms with Crippen LogP contribution in [0.5, 0.6) is 5.75 Å². The summed E-state index contributed by atoms with van der Waals surface area (Å²) in [7, 11) is 3.70. The Morgan fingerprint density at radius 3 is 2.77 bits per heavy atom. The van der Waals surface area contributed by atoms with E-state index < -0.39 is 0 Å². The number of imidazole rings is 1. The number of aliphatic hydroxyl groups excluding tert-OH is 1. The highest BCUT2D eigenvalue weighted by molar-refractivity contribution is 7.17. The lowest BCUT2D eigenvalue weighted by Crippen LogP contribution is -2.39. The molecule has 1 N–H and O–H groups in total. The summed E-state index contributed by atoms with van der Waals surface area (Å²) in [5.74, 6) is 3.06. The number of fused-ring (bicyclic) bond motifs is 2. The molecule has 1 amide bonds. The molecule has 0 bridgehead atoms. The maximum atomic E-state index is 13.5. The average Bonchev–Trinajstić information content (AvgIpc) is 3.43. The zero-order valence-corrected chi connectivity index (χ0v) is 23.5. The SMILES string of the molecule is C=C[C@@H]1CCCN(C(=O)c2cc(OC)c3c(c2)nc(-c2cc4scc(C5CC(O)C5)c4n2CC2CC2)n3C)C1. The number of piperidine rings is 1. The van der Waals surface area contributed by atoms with Crippen LogP contribution < -0.4 is 4.74 Å². The number of methoxy groups -OCH3 is 1. The smallest absolute Gasteiger partial charge is 0.254 e. The van der Waals surface area contributed by atoms with Gasteiger partial charge in [0, 0.05) is 32.2 Å². The second-order valence-electron chi connectivity index (χ2n) is 11.7. The number of carbonyl (C=O) groups is 1. The first kappa shape index (κ1) is 24.9. The molecule has 1 atom stereocenters. The number of hydrogen-bond acceptors (Lipinski definition) is 5. The summed E-state index contributed by atoms with van der Waals surface area (Å²) in [5, 5.41) is 12.3. The molecule has 7 rings (SSSR count). The fraction of sp³-hybridized carbons (Fsp3) is 0.484. The largest absolute Gasteiger partial charge is 0.494 e. The van der Waals surface area contributed by atoms with Crippen LogP contribution in [-0.4, -0.2) is 56.3 Å². The van der Waals surface area contributed by atoms with Gasteiger partial charge in [0.15, 0.2) is 5.82 Å². The monoisotopic (exact) mass is 544 g/mol. The van der Waals surface area contributed by atoms with Gasteiger partial charge < -0.3 is 23.9 Å². The quantitative estimate of drug-likeness (QED) is 0.292. The Kier molecular flexibility index (Phi) is 6.08. The summed E-state index contributed by atoms with van der Waals surface area (Å²) >= 11 is 1.79. The number of aryl methyl sites for hydroxylation is 1. The van der Waals surface area contributed by atoms with Crippen LogP contribution in [0.15, 0.2) is 36.2 Å². The van der Waals surface area contributed by atoms with E-state index in [0.29, 0.717) is 35.6 Å². The second-order valence-corrected chi connectivity index (χ2v) is 12.7. The van der Waals surface area contributed by atoms with Crippen LogP contribution in [0.3, 0.4) is 0 Å². The number of likely N-dealkylation sites (tertiary alicyclic amines) is 1. The number of amides is 1. The molecule has 3 fully saturated rings. The van der Waals surface area contributed by atoms with Crippen molar-refractivity contribution >= 4 is 38.5 Å². The first-order valence-corrected chi connectivity index (χ1v) is 15.1. The van der Waals surface area contributed by atoms with Crippen LogP contribution in [0.2, 0.25) is 0 Å². The molecule has 2 saturated carbocycles. The molecule has 7 nitrogen and oxygen atoms in total. The Balaban J connectivity index is 1.32. The Morgan fingerprint density at radius 1 is 1.23 bits per heavy atom. The number of hydrogen-bond donors (Lipinski definition) is 1. The van der Waals surface area contributed by atoms with Crippen molar-refractivity contribution in [1.82, 2.24) is 19.0 Å². The van der Waals surface area contributed by atoms with Gasteiger partial charge >= 0.3 is 0 Å². The lowest BCUT2D eigenvalue weighted by atomic mass is 9.78. The molecule has 204 valence electrons. The molecule has 0 spiro atoms. The standard InChI is InChI=1S/C31H36N4O3S/c1-4-18-6-5-9-34(15-18)31(37)21-12-24-29(26(13-21)38-3)33(2)30(32-24)25-14-27-28(35(25)16-19-7-8-19)23(17-39-27)20-10-22(36)11-20/h4,12-14,17-20,22,36H,1,5-11,15-16H2,2-3H3/t18-,20?,22?/m1/s1. The number of thiophene rings is 1. The molecule has 1 saturated heterocycles. The van der Waals surface area contributed by atoms with Gasteiger partial charge in [-0.15, -0.1) is 17.9 Å². The zero-order chi connectivity index (χ0) is 26.8. The Morgan fingerprint density at radius 2 is 2.05 bits per heavy atom. The van der Waals surface area contributed by atoms with E-state index >= 15 is 0 Å². The number of aromatic nitrogens is 3. The van der Waals surface area contributed by atoms with E-state index in [0.717, 1.165) is 61.3 Å². The Bertz CT molecular complexity index is 1590. The van der Waals surface area contributed by atoms with Gasteiger partial charge in [-0.2, -0.15) is 0 Å². The summed E-state index contributed by atoms with van der Waals surface area (Å²) in [6.45, 7) is 6.41. The van der Waals surface area contributed by atoms with Crippen molar-refractivity contribution in [3.05, 3.63) is 47.4 Å². The molecular weight excluding hydrogens is 508 g/mol.